The quantitative estimate of drug-likeness (QED) is 0.313. The van der Waals surface area contributed by atoms with Crippen LogP contribution in [0.15, 0.2) is 78.2 Å². The van der Waals surface area contributed by atoms with Crippen LogP contribution in [0.2, 0.25) is 0 Å². The summed E-state index contributed by atoms with van der Waals surface area (Å²) in [7, 11) is 0. The molecule has 1 heterocycles. The minimum Gasteiger partial charge on any atom is -0.489 e. The highest BCUT2D eigenvalue weighted by atomic mass is 19.1. The van der Waals surface area contributed by atoms with Crippen molar-refractivity contribution in [2.24, 2.45) is 10.9 Å². The zero-order valence-corrected chi connectivity index (χ0v) is 17.0. The first-order valence-electron chi connectivity index (χ1n) is 9.63. The van der Waals surface area contributed by atoms with Crippen LogP contribution in [0.4, 0.5) is 4.39 Å². The number of benzene rings is 2. The number of hydrogen-bond acceptors (Lipinski definition) is 5. The summed E-state index contributed by atoms with van der Waals surface area (Å²) in [5.41, 5.74) is 8.29. The van der Waals surface area contributed by atoms with Gasteiger partial charge in [-0.05, 0) is 55.0 Å². The van der Waals surface area contributed by atoms with E-state index in [0.717, 1.165) is 11.1 Å². The lowest BCUT2D eigenvalue weighted by Gasteiger charge is -2.13. The first-order chi connectivity index (χ1) is 15.0. The third-order valence-corrected chi connectivity index (χ3v) is 4.38. The number of rotatable bonds is 9. The van der Waals surface area contributed by atoms with Gasteiger partial charge in [0, 0.05) is 23.5 Å². The van der Waals surface area contributed by atoms with Crippen molar-refractivity contribution in [2.75, 3.05) is 6.61 Å². The molecule has 3 N–H and O–H groups in total. The third kappa shape index (κ3) is 6.81. The fourth-order valence-corrected chi connectivity index (χ4v) is 2.70. The van der Waals surface area contributed by atoms with Gasteiger partial charge in [0.2, 0.25) is 0 Å². The van der Waals surface area contributed by atoms with E-state index < -0.39 is 0 Å². The van der Waals surface area contributed by atoms with Gasteiger partial charge in [-0.1, -0.05) is 23.4 Å². The van der Waals surface area contributed by atoms with Crippen LogP contribution in [0.1, 0.15) is 29.7 Å². The molecule has 7 nitrogen and oxygen atoms in total. The molecule has 0 fully saturated rings. The fraction of sp³-hybridized carbons (Fsp3) is 0.174. The Morgan fingerprint density at radius 3 is 2.58 bits per heavy atom. The summed E-state index contributed by atoms with van der Waals surface area (Å²) in [5, 5.41) is 6.53. The standard InChI is InChI=1S/C23H23FN4O3/c1-16(18-4-8-20(24)9-5-18)27-22(29)15-31-28-23(25)19-6-10-21(11-7-19)30-14-17-3-2-12-26-13-17/h2-13,16H,14-15H2,1H3,(H2,25,28)(H,27,29). The predicted octanol–water partition coefficient (Wildman–Crippen LogP) is 3.31. The topological polar surface area (TPSA) is 98.8 Å². The first-order valence-corrected chi connectivity index (χ1v) is 9.63. The summed E-state index contributed by atoms with van der Waals surface area (Å²) < 4.78 is 18.7. The number of halogens is 1. The van der Waals surface area contributed by atoms with Gasteiger partial charge in [-0.15, -0.1) is 0 Å². The van der Waals surface area contributed by atoms with Crippen molar-refractivity contribution in [3.05, 3.63) is 95.6 Å². The number of carbonyl (C=O) groups excluding carboxylic acids is 1. The highest BCUT2D eigenvalue weighted by Crippen LogP contribution is 2.14. The van der Waals surface area contributed by atoms with E-state index in [1.807, 2.05) is 12.1 Å². The molecule has 2 aromatic carbocycles. The van der Waals surface area contributed by atoms with Crippen LogP contribution in [0.5, 0.6) is 5.75 Å². The molecule has 0 saturated heterocycles. The number of pyridine rings is 1. The van der Waals surface area contributed by atoms with Gasteiger partial charge in [-0.3, -0.25) is 9.78 Å². The summed E-state index contributed by atoms with van der Waals surface area (Å²) in [6.07, 6.45) is 3.45. The molecule has 0 spiro atoms. The van der Waals surface area contributed by atoms with E-state index in [-0.39, 0.29) is 30.2 Å². The van der Waals surface area contributed by atoms with Crippen molar-refractivity contribution >= 4 is 11.7 Å². The van der Waals surface area contributed by atoms with E-state index in [2.05, 4.69) is 15.5 Å². The van der Waals surface area contributed by atoms with Crippen molar-refractivity contribution in [3.63, 3.8) is 0 Å². The smallest absolute Gasteiger partial charge is 0.261 e. The number of nitrogens with one attached hydrogen (secondary N) is 1. The highest BCUT2D eigenvalue weighted by Gasteiger charge is 2.10. The van der Waals surface area contributed by atoms with Gasteiger partial charge in [0.1, 0.15) is 18.2 Å². The van der Waals surface area contributed by atoms with Gasteiger partial charge in [-0.2, -0.15) is 0 Å². The van der Waals surface area contributed by atoms with Crippen molar-refractivity contribution in [2.45, 2.75) is 19.6 Å². The van der Waals surface area contributed by atoms with Gasteiger partial charge in [0.25, 0.3) is 5.91 Å². The normalized spacial score (nSPS) is 12.1. The molecule has 8 heteroatoms. The summed E-state index contributed by atoms with van der Waals surface area (Å²) in [6.45, 7) is 1.91. The van der Waals surface area contributed by atoms with Gasteiger partial charge in [0.05, 0.1) is 6.04 Å². The van der Waals surface area contributed by atoms with Crippen LogP contribution in [-0.4, -0.2) is 23.3 Å². The molecule has 1 amide bonds. The molecular formula is C23H23FN4O3. The molecule has 3 aromatic rings. The number of hydrogen-bond donors (Lipinski definition) is 2. The monoisotopic (exact) mass is 422 g/mol. The van der Waals surface area contributed by atoms with E-state index in [1.54, 1.807) is 55.7 Å². The van der Waals surface area contributed by atoms with Gasteiger partial charge < -0.3 is 20.6 Å². The molecular weight excluding hydrogens is 399 g/mol. The maximum Gasteiger partial charge on any atom is 0.261 e. The lowest BCUT2D eigenvalue weighted by Crippen LogP contribution is -2.30. The van der Waals surface area contributed by atoms with E-state index in [9.17, 15) is 9.18 Å². The lowest BCUT2D eigenvalue weighted by molar-refractivity contribution is -0.126. The van der Waals surface area contributed by atoms with Crippen LogP contribution < -0.4 is 15.8 Å². The molecule has 31 heavy (non-hydrogen) atoms. The lowest BCUT2D eigenvalue weighted by atomic mass is 10.1. The highest BCUT2D eigenvalue weighted by molar-refractivity contribution is 5.97. The second kappa shape index (κ2) is 10.7. The zero-order chi connectivity index (χ0) is 22.1. The number of aromatic nitrogens is 1. The molecule has 160 valence electrons. The Morgan fingerprint density at radius 1 is 1.16 bits per heavy atom. The van der Waals surface area contributed by atoms with Gasteiger partial charge in [-0.25, -0.2) is 4.39 Å². The van der Waals surface area contributed by atoms with Gasteiger partial charge >= 0.3 is 0 Å². The average Bonchev–Trinajstić information content (AvgIpc) is 2.79. The number of amides is 1. The van der Waals surface area contributed by atoms with Crippen LogP contribution in [0, 0.1) is 5.82 Å². The molecule has 1 atom stereocenters. The maximum absolute atomic E-state index is 13.0. The molecule has 0 radical (unpaired) electrons. The van der Waals surface area contributed by atoms with E-state index in [4.69, 9.17) is 15.3 Å². The average molecular weight is 422 g/mol. The number of carbonyl (C=O) groups is 1. The van der Waals surface area contributed by atoms with Crippen molar-refractivity contribution in [3.8, 4) is 5.75 Å². The van der Waals surface area contributed by atoms with Crippen molar-refractivity contribution in [1.29, 1.82) is 0 Å². The number of nitrogens with zero attached hydrogens (tertiary/aromatic N) is 2. The Bertz CT molecular complexity index is 1010. The Labute approximate surface area is 179 Å². The summed E-state index contributed by atoms with van der Waals surface area (Å²) in [5.74, 6) is 0.115. The largest absolute Gasteiger partial charge is 0.489 e. The second-order valence-corrected chi connectivity index (χ2v) is 6.77. The Balaban J connectivity index is 1.45. The Kier molecular flexibility index (Phi) is 7.53. The van der Waals surface area contributed by atoms with E-state index in [1.165, 1.54) is 12.1 Å². The number of amidine groups is 1. The van der Waals surface area contributed by atoms with Crippen LogP contribution >= 0.6 is 0 Å². The van der Waals surface area contributed by atoms with Gasteiger partial charge in [0.15, 0.2) is 12.4 Å². The number of ether oxygens (including phenoxy) is 1. The molecule has 0 aliphatic rings. The zero-order valence-electron chi connectivity index (χ0n) is 17.0. The van der Waals surface area contributed by atoms with E-state index in [0.29, 0.717) is 17.9 Å². The molecule has 3 rings (SSSR count). The molecule has 0 aliphatic carbocycles. The third-order valence-electron chi connectivity index (χ3n) is 4.38. The SMILES string of the molecule is CC(NC(=O)CO/N=C(\N)c1ccc(OCc2cccnc2)cc1)c1ccc(F)cc1. The van der Waals surface area contributed by atoms with E-state index >= 15 is 0 Å². The summed E-state index contributed by atoms with van der Waals surface area (Å²) in [4.78, 5) is 21.1. The first kappa shape index (κ1) is 21.8. The summed E-state index contributed by atoms with van der Waals surface area (Å²) in [6, 6.07) is 16.4. The Morgan fingerprint density at radius 2 is 1.90 bits per heavy atom. The summed E-state index contributed by atoms with van der Waals surface area (Å²) >= 11 is 0. The number of nitrogens with two attached hydrogens (primary N) is 1. The molecule has 0 saturated carbocycles. The van der Waals surface area contributed by atoms with Crippen LogP contribution in [0.25, 0.3) is 0 Å². The fourth-order valence-electron chi connectivity index (χ4n) is 2.70. The molecule has 0 bridgehead atoms. The minimum absolute atomic E-state index is 0.137. The maximum atomic E-state index is 13.0. The van der Waals surface area contributed by atoms with Crippen molar-refractivity contribution < 1.29 is 18.8 Å². The van der Waals surface area contributed by atoms with Crippen LogP contribution in [0.3, 0.4) is 0 Å². The van der Waals surface area contributed by atoms with Crippen LogP contribution in [-0.2, 0) is 16.2 Å². The molecule has 1 aromatic heterocycles. The predicted molar refractivity (Wildman–Crippen MR) is 115 cm³/mol. The van der Waals surface area contributed by atoms with Crippen molar-refractivity contribution in [1.82, 2.24) is 10.3 Å². The Hall–Kier alpha value is -3.94. The molecule has 1 unspecified atom stereocenters. The minimum atomic E-state index is -0.368. The second-order valence-electron chi connectivity index (χ2n) is 6.77. The molecule has 0 aliphatic heterocycles. The number of oxime groups is 1.